The van der Waals surface area contributed by atoms with Gasteiger partial charge in [-0.25, -0.2) is 29.9 Å². The van der Waals surface area contributed by atoms with E-state index in [1.807, 2.05) is 13.0 Å². The Hall–Kier alpha value is -3.21. The molecule has 1 unspecified atom stereocenters. The van der Waals surface area contributed by atoms with Gasteiger partial charge in [0.15, 0.2) is 5.65 Å². The normalized spacial score (nSPS) is 12.9. The molecule has 0 radical (unpaired) electrons. The molecule has 4 aromatic rings. The van der Waals surface area contributed by atoms with Crippen molar-refractivity contribution >= 4 is 28.2 Å². The van der Waals surface area contributed by atoms with Gasteiger partial charge in [0.1, 0.15) is 17.2 Å². The zero-order chi connectivity index (χ0) is 20.6. The van der Waals surface area contributed by atoms with Crippen molar-refractivity contribution in [1.82, 2.24) is 29.9 Å². The molecule has 29 heavy (non-hydrogen) atoms. The number of hydrogen-bond donors (Lipinski definition) is 1. The number of alkyl halides is 3. The summed E-state index contributed by atoms with van der Waals surface area (Å²) in [4.78, 5) is 25.1. The molecule has 0 aliphatic carbocycles. The minimum atomic E-state index is -4.58. The molecule has 0 aliphatic heterocycles. The highest BCUT2D eigenvalue weighted by molar-refractivity contribution is 7.14. The monoisotopic (exact) mass is 417 g/mol. The predicted molar refractivity (Wildman–Crippen MR) is 102 cm³/mol. The molecule has 0 aliphatic rings. The molecule has 0 fully saturated rings. The highest BCUT2D eigenvalue weighted by Gasteiger charge is 2.34. The average Bonchev–Trinajstić information content (AvgIpc) is 3.14. The number of thiazole rings is 1. The smallest absolute Gasteiger partial charge is 0.363 e. The molecule has 7 nitrogen and oxygen atoms in total. The zero-order valence-corrected chi connectivity index (χ0v) is 16.1. The number of rotatable bonds is 4. The Morgan fingerprint density at radius 3 is 2.38 bits per heavy atom. The Labute approximate surface area is 167 Å². The summed E-state index contributed by atoms with van der Waals surface area (Å²) in [6, 6.07) is 1.50. The van der Waals surface area contributed by atoms with Crippen LogP contribution in [-0.2, 0) is 6.18 Å². The van der Waals surface area contributed by atoms with E-state index in [0.29, 0.717) is 22.4 Å². The maximum absolute atomic E-state index is 12.7. The van der Waals surface area contributed by atoms with Crippen molar-refractivity contribution in [2.24, 2.45) is 0 Å². The summed E-state index contributed by atoms with van der Waals surface area (Å²) in [5, 5.41) is 4.68. The SMILES string of the molecule is Cc1cnc(-c2cnc3ncnc(NC(C)c4cnc(C(F)(F)F)nc4)c3c2)s1. The third kappa shape index (κ3) is 3.99. The minimum absolute atomic E-state index is 0.388. The topological polar surface area (TPSA) is 89.4 Å². The summed E-state index contributed by atoms with van der Waals surface area (Å²) in [6.45, 7) is 3.75. The first kappa shape index (κ1) is 19.1. The van der Waals surface area contributed by atoms with Gasteiger partial charge in [-0.1, -0.05) is 0 Å². The van der Waals surface area contributed by atoms with Crippen molar-refractivity contribution in [3.63, 3.8) is 0 Å². The molecule has 4 heterocycles. The van der Waals surface area contributed by atoms with Gasteiger partial charge in [0.05, 0.1) is 11.4 Å². The number of fused-ring (bicyclic) bond motifs is 1. The number of pyridine rings is 1. The lowest BCUT2D eigenvalue weighted by atomic mass is 10.1. The predicted octanol–water partition coefficient (Wildman–Crippen LogP) is 4.44. The molecule has 0 bridgehead atoms. The molecule has 1 atom stereocenters. The highest BCUT2D eigenvalue weighted by atomic mass is 32.1. The fraction of sp³-hybridized carbons (Fsp3) is 0.222. The molecule has 0 saturated heterocycles. The van der Waals surface area contributed by atoms with Gasteiger partial charge in [-0.2, -0.15) is 13.2 Å². The molecular weight excluding hydrogens is 403 g/mol. The number of aromatic nitrogens is 6. The molecule has 0 spiro atoms. The van der Waals surface area contributed by atoms with Gasteiger partial charge < -0.3 is 5.32 Å². The molecule has 0 amide bonds. The van der Waals surface area contributed by atoms with Crippen molar-refractivity contribution in [3.8, 4) is 10.6 Å². The van der Waals surface area contributed by atoms with Crippen LogP contribution in [0.5, 0.6) is 0 Å². The zero-order valence-electron chi connectivity index (χ0n) is 15.3. The van der Waals surface area contributed by atoms with Crippen LogP contribution in [0.1, 0.15) is 29.2 Å². The van der Waals surface area contributed by atoms with Crippen LogP contribution >= 0.6 is 11.3 Å². The summed E-state index contributed by atoms with van der Waals surface area (Å²) in [5.41, 5.74) is 1.82. The van der Waals surface area contributed by atoms with Gasteiger partial charge in [0.25, 0.3) is 0 Å². The van der Waals surface area contributed by atoms with Crippen molar-refractivity contribution in [3.05, 3.63) is 53.4 Å². The molecular formula is C18H14F3N7S. The number of halogens is 3. The second-order valence-electron chi connectivity index (χ2n) is 6.30. The van der Waals surface area contributed by atoms with E-state index >= 15 is 0 Å². The Balaban J connectivity index is 1.64. The molecule has 1 N–H and O–H groups in total. The van der Waals surface area contributed by atoms with Crippen LogP contribution in [0.4, 0.5) is 19.0 Å². The lowest BCUT2D eigenvalue weighted by Gasteiger charge is -2.16. The fourth-order valence-corrected chi connectivity index (χ4v) is 3.41. The average molecular weight is 417 g/mol. The van der Waals surface area contributed by atoms with Crippen LogP contribution in [0.25, 0.3) is 21.6 Å². The molecule has 148 valence electrons. The Morgan fingerprint density at radius 1 is 0.966 bits per heavy atom. The van der Waals surface area contributed by atoms with Crippen LogP contribution in [-0.4, -0.2) is 29.9 Å². The van der Waals surface area contributed by atoms with Gasteiger partial charge in [-0.05, 0) is 19.9 Å². The number of aryl methyl sites for hydroxylation is 1. The summed E-state index contributed by atoms with van der Waals surface area (Å²) in [7, 11) is 0. The second kappa shape index (κ2) is 7.32. The van der Waals surface area contributed by atoms with Crippen molar-refractivity contribution in [2.75, 3.05) is 5.32 Å². The lowest BCUT2D eigenvalue weighted by Crippen LogP contribution is -2.14. The van der Waals surface area contributed by atoms with Gasteiger partial charge in [-0.3, -0.25) is 0 Å². The molecule has 4 rings (SSSR count). The first-order chi connectivity index (χ1) is 13.8. The van der Waals surface area contributed by atoms with Gasteiger partial charge >= 0.3 is 6.18 Å². The van der Waals surface area contributed by atoms with Crippen LogP contribution in [0.15, 0.2) is 37.2 Å². The van der Waals surface area contributed by atoms with Crippen LogP contribution in [0.2, 0.25) is 0 Å². The second-order valence-corrected chi connectivity index (χ2v) is 7.53. The fourth-order valence-electron chi connectivity index (χ4n) is 2.66. The van der Waals surface area contributed by atoms with Gasteiger partial charge in [0, 0.05) is 40.8 Å². The molecule has 0 aromatic carbocycles. The van der Waals surface area contributed by atoms with Crippen molar-refractivity contribution in [1.29, 1.82) is 0 Å². The van der Waals surface area contributed by atoms with Crippen LogP contribution in [0, 0.1) is 6.92 Å². The van der Waals surface area contributed by atoms with E-state index in [1.165, 1.54) is 6.33 Å². The third-order valence-electron chi connectivity index (χ3n) is 4.14. The number of nitrogens with zero attached hydrogens (tertiary/aromatic N) is 6. The summed E-state index contributed by atoms with van der Waals surface area (Å²) >= 11 is 1.55. The lowest BCUT2D eigenvalue weighted by molar-refractivity contribution is -0.145. The maximum atomic E-state index is 12.7. The molecule has 0 saturated carbocycles. The largest absolute Gasteiger partial charge is 0.451 e. The third-order valence-corrected chi connectivity index (χ3v) is 5.10. The standard InChI is InChI=1S/C18H14F3N7S/c1-9-4-23-16(29-9)11-3-13-14(22-5-11)26-8-27-15(13)28-10(2)12-6-24-17(25-7-12)18(19,20)21/h3-8,10H,1-2H3,(H,22,26,27,28). The van der Waals surface area contributed by atoms with E-state index in [0.717, 1.165) is 27.8 Å². The van der Waals surface area contributed by atoms with Gasteiger partial charge in [-0.15, -0.1) is 11.3 Å². The first-order valence-electron chi connectivity index (χ1n) is 8.50. The van der Waals surface area contributed by atoms with E-state index in [-0.39, 0.29) is 6.04 Å². The van der Waals surface area contributed by atoms with E-state index in [2.05, 4.69) is 35.2 Å². The summed E-state index contributed by atoms with van der Waals surface area (Å²) in [6.07, 6.45) is 2.59. The Bertz CT molecular complexity index is 1160. The summed E-state index contributed by atoms with van der Waals surface area (Å²) < 4.78 is 38.0. The first-order valence-corrected chi connectivity index (χ1v) is 9.32. The quantitative estimate of drug-likeness (QED) is 0.525. The number of nitrogens with one attached hydrogen (secondary N) is 1. The Morgan fingerprint density at radius 2 is 1.72 bits per heavy atom. The molecule has 4 aromatic heterocycles. The van der Waals surface area contributed by atoms with Crippen molar-refractivity contribution < 1.29 is 13.2 Å². The van der Waals surface area contributed by atoms with Crippen LogP contribution < -0.4 is 5.32 Å². The van der Waals surface area contributed by atoms with E-state index in [9.17, 15) is 13.2 Å². The minimum Gasteiger partial charge on any atom is -0.363 e. The maximum Gasteiger partial charge on any atom is 0.451 e. The molecule has 11 heteroatoms. The van der Waals surface area contributed by atoms with E-state index < -0.39 is 12.0 Å². The number of hydrogen-bond acceptors (Lipinski definition) is 8. The van der Waals surface area contributed by atoms with Gasteiger partial charge in [0.2, 0.25) is 5.82 Å². The highest BCUT2D eigenvalue weighted by Crippen LogP contribution is 2.30. The van der Waals surface area contributed by atoms with E-state index in [4.69, 9.17) is 0 Å². The van der Waals surface area contributed by atoms with Crippen LogP contribution in [0.3, 0.4) is 0 Å². The van der Waals surface area contributed by atoms with Crippen molar-refractivity contribution in [2.45, 2.75) is 26.1 Å². The Kier molecular flexibility index (Phi) is 4.82. The number of anilines is 1. The van der Waals surface area contributed by atoms with E-state index in [1.54, 1.807) is 30.7 Å². The summed E-state index contributed by atoms with van der Waals surface area (Å²) in [5.74, 6) is -0.668.